The van der Waals surface area contributed by atoms with E-state index in [0.717, 1.165) is 24.3 Å². The molecule has 0 bridgehead atoms. The maximum atomic E-state index is 13.0. The van der Waals surface area contributed by atoms with Crippen molar-refractivity contribution in [3.8, 4) is 5.75 Å². The third-order valence-electron chi connectivity index (χ3n) is 2.83. The van der Waals surface area contributed by atoms with Crippen molar-refractivity contribution in [1.82, 2.24) is 5.32 Å². The van der Waals surface area contributed by atoms with Crippen molar-refractivity contribution >= 4 is 5.91 Å². The van der Waals surface area contributed by atoms with Gasteiger partial charge in [0.2, 0.25) is 0 Å². The van der Waals surface area contributed by atoms with E-state index in [1.54, 1.807) is 0 Å². The second-order valence-electron chi connectivity index (χ2n) is 4.45. The normalized spacial score (nSPS) is 10.4. The molecule has 2 aromatic rings. The largest absolute Gasteiger partial charge is 0.507 e. The van der Waals surface area contributed by atoms with Gasteiger partial charge in [-0.05, 0) is 36.2 Å². The van der Waals surface area contributed by atoms with Gasteiger partial charge in [-0.1, -0.05) is 0 Å². The number of amides is 1. The Labute approximate surface area is 119 Å². The molecule has 0 unspecified atom stereocenters. The van der Waals surface area contributed by atoms with Crippen molar-refractivity contribution in [3.05, 3.63) is 65.0 Å². The summed E-state index contributed by atoms with van der Waals surface area (Å²) in [7, 11) is 0. The molecule has 0 saturated carbocycles. The van der Waals surface area contributed by atoms with Gasteiger partial charge in [0.15, 0.2) is 0 Å². The topological polar surface area (TPSA) is 49.3 Å². The Hall–Kier alpha value is -2.50. The Morgan fingerprint density at radius 3 is 2.29 bits per heavy atom. The Bertz CT molecular complexity index is 654. The second kappa shape index (κ2) is 6.30. The number of rotatable bonds is 4. The van der Waals surface area contributed by atoms with Gasteiger partial charge in [-0.15, -0.1) is 0 Å². The summed E-state index contributed by atoms with van der Waals surface area (Å²) >= 11 is 0. The molecule has 0 spiro atoms. The van der Waals surface area contributed by atoms with Crippen LogP contribution in [-0.2, 0) is 6.42 Å². The van der Waals surface area contributed by atoms with Crippen molar-refractivity contribution in [3.63, 3.8) is 0 Å². The van der Waals surface area contributed by atoms with Gasteiger partial charge >= 0.3 is 0 Å². The second-order valence-corrected chi connectivity index (χ2v) is 4.45. The molecular weight excluding hydrogens is 283 g/mol. The average Bonchev–Trinajstić information content (AvgIpc) is 2.37. The molecule has 2 rings (SSSR count). The van der Waals surface area contributed by atoms with Crippen molar-refractivity contribution in [2.45, 2.75) is 6.42 Å². The van der Waals surface area contributed by atoms with Gasteiger partial charge in [0, 0.05) is 18.7 Å². The summed E-state index contributed by atoms with van der Waals surface area (Å²) in [6, 6.07) is 6.14. The summed E-state index contributed by atoms with van der Waals surface area (Å²) in [6.45, 7) is 0.124. The highest BCUT2D eigenvalue weighted by Crippen LogP contribution is 2.17. The highest BCUT2D eigenvalue weighted by Gasteiger charge is 2.11. The van der Waals surface area contributed by atoms with Crippen LogP contribution in [-0.4, -0.2) is 17.6 Å². The molecule has 3 nitrogen and oxygen atoms in total. The minimum absolute atomic E-state index is 0.0678. The SMILES string of the molecule is O=C(NCCc1cc(F)cc(F)c1)c1ccc(F)cc1O. The zero-order valence-electron chi connectivity index (χ0n) is 10.9. The first-order valence-corrected chi connectivity index (χ1v) is 6.17. The highest BCUT2D eigenvalue weighted by atomic mass is 19.1. The Balaban J connectivity index is 1.95. The molecule has 0 heterocycles. The smallest absolute Gasteiger partial charge is 0.255 e. The lowest BCUT2D eigenvalue weighted by Crippen LogP contribution is -2.25. The summed E-state index contributed by atoms with van der Waals surface area (Å²) in [5.41, 5.74) is 0.331. The fourth-order valence-corrected chi connectivity index (χ4v) is 1.87. The molecule has 0 aliphatic carbocycles. The van der Waals surface area contributed by atoms with Gasteiger partial charge in [-0.25, -0.2) is 13.2 Å². The third kappa shape index (κ3) is 3.98. The van der Waals surface area contributed by atoms with E-state index in [-0.39, 0.29) is 18.5 Å². The maximum absolute atomic E-state index is 13.0. The lowest BCUT2D eigenvalue weighted by molar-refractivity contribution is 0.0951. The highest BCUT2D eigenvalue weighted by molar-refractivity contribution is 5.96. The number of hydrogen-bond acceptors (Lipinski definition) is 2. The number of phenols is 1. The van der Waals surface area contributed by atoms with E-state index >= 15 is 0 Å². The van der Waals surface area contributed by atoms with Crippen LogP contribution in [0.1, 0.15) is 15.9 Å². The number of halogens is 3. The number of nitrogens with one attached hydrogen (secondary N) is 1. The molecule has 110 valence electrons. The predicted molar refractivity (Wildman–Crippen MR) is 70.5 cm³/mol. The lowest BCUT2D eigenvalue weighted by Gasteiger charge is -2.07. The fraction of sp³-hybridized carbons (Fsp3) is 0.133. The fourth-order valence-electron chi connectivity index (χ4n) is 1.87. The van der Waals surface area contributed by atoms with E-state index in [4.69, 9.17) is 0 Å². The minimum Gasteiger partial charge on any atom is -0.507 e. The molecule has 2 aromatic carbocycles. The molecular formula is C15H12F3NO2. The molecule has 0 aliphatic heterocycles. The maximum Gasteiger partial charge on any atom is 0.255 e. The summed E-state index contributed by atoms with van der Waals surface area (Å²) in [6.07, 6.45) is 0.225. The van der Waals surface area contributed by atoms with Crippen molar-refractivity contribution < 1.29 is 23.1 Å². The van der Waals surface area contributed by atoms with Gasteiger partial charge in [-0.3, -0.25) is 4.79 Å². The molecule has 0 fully saturated rings. The van der Waals surface area contributed by atoms with E-state index < -0.39 is 29.1 Å². The zero-order valence-corrected chi connectivity index (χ0v) is 10.9. The number of carbonyl (C=O) groups excluding carboxylic acids is 1. The molecule has 21 heavy (non-hydrogen) atoms. The van der Waals surface area contributed by atoms with Crippen LogP contribution in [0, 0.1) is 17.5 Å². The summed E-state index contributed by atoms with van der Waals surface area (Å²) in [5.74, 6) is -3.09. The quantitative estimate of drug-likeness (QED) is 0.911. The molecule has 0 aliphatic rings. The molecule has 0 atom stereocenters. The van der Waals surface area contributed by atoms with Crippen LogP contribution in [0.4, 0.5) is 13.2 Å². The first-order chi connectivity index (χ1) is 9.95. The van der Waals surface area contributed by atoms with Gasteiger partial charge in [0.1, 0.15) is 23.2 Å². The Kier molecular flexibility index (Phi) is 4.47. The lowest BCUT2D eigenvalue weighted by atomic mass is 10.1. The first-order valence-electron chi connectivity index (χ1n) is 6.17. The van der Waals surface area contributed by atoms with Crippen LogP contribution in [0.3, 0.4) is 0 Å². The van der Waals surface area contributed by atoms with Crippen molar-refractivity contribution in [2.75, 3.05) is 6.54 Å². The van der Waals surface area contributed by atoms with E-state index in [9.17, 15) is 23.1 Å². The van der Waals surface area contributed by atoms with Crippen LogP contribution in [0.25, 0.3) is 0 Å². The Morgan fingerprint density at radius 2 is 1.67 bits per heavy atom. The number of hydrogen-bond donors (Lipinski definition) is 2. The minimum atomic E-state index is -0.687. The van der Waals surface area contributed by atoms with Crippen LogP contribution >= 0.6 is 0 Å². The van der Waals surface area contributed by atoms with Crippen molar-refractivity contribution in [1.29, 1.82) is 0 Å². The van der Waals surface area contributed by atoms with E-state index in [0.29, 0.717) is 5.56 Å². The first kappa shape index (κ1) is 14.9. The van der Waals surface area contributed by atoms with Crippen LogP contribution < -0.4 is 5.32 Å². The summed E-state index contributed by atoms with van der Waals surface area (Å²) < 4.78 is 38.7. The monoisotopic (exact) mass is 295 g/mol. The molecule has 0 radical (unpaired) electrons. The summed E-state index contributed by atoms with van der Waals surface area (Å²) in [5, 5.41) is 11.9. The zero-order chi connectivity index (χ0) is 15.4. The predicted octanol–water partition coefficient (Wildman–Crippen LogP) is 2.78. The van der Waals surface area contributed by atoms with Crippen LogP contribution in [0.5, 0.6) is 5.75 Å². The number of carbonyl (C=O) groups is 1. The molecule has 0 aromatic heterocycles. The average molecular weight is 295 g/mol. The Morgan fingerprint density at radius 1 is 1.00 bits per heavy atom. The standard InChI is InChI=1S/C15H12F3NO2/c16-10-1-2-13(14(20)8-10)15(21)19-4-3-9-5-11(17)7-12(18)6-9/h1-2,5-8,20H,3-4H2,(H,19,21). The van der Waals surface area contributed by atoms with E-state index in [1.165, 1.54) is 12.1 Å². The van der Waals surface area contributed by atoms with Crippen LogP contribution in [0.2, 0.25) is 0 Å². The van der Waals surface area contributed by atoms with Gasteiger partial charge in [-0.2, -0.15) is 0 Å². The number of aromatic hydroxyl groups is 1. The summed E-state index contributed by atoms with van der Waals surface area (Å²) in [4.78, 5) is 11.8. The number of phenolic OH excluding ortho intramolecular Hbond substituents is 1. The van der Waals surface area contributed by atoms with Gasteiger partial charge < -0.3 is 10.4 Å². The van der Waals surface area contributed by atoms with Gasteiger partial charge in [0.25, 0.3) is 5.91 Å². The molecule has 2 N–H and O–H groups in total. The molecule has 1 amide bonds. The molecule has 6 heteroatoms. The van der Waals surface area contributed by atoms with Crippen LogP contribution in [0.15, 0.2) is 36.4 Å². The van der Waals surface area contributed by atoms with E-state index in [2.05, 4.69) is 5.32 Å². The molecule has 0 saturated heterocycles. The third-order valence-corrected chi connectivity index (χ3v) is 2.83. The number of benzene rings is 2. The van der Waals surface area contributed by atoms with E-state index in [1.807, 2.05) is 0 Å². The van der Waals surface area contributed by atoms with Crippen molar-refractivity contribution in [2.24, 2.45) is 0 Å². The van der Waals surface area contributed by atoms with Gasteiger partial charge in [0.05, 0.1) is 5.56 Å².